The standard InChI is InChI=1S/C51H51N5O6/c1-34-47(32-55-27-25-42(26-28-55)56-46-16-6-5-15-45(46)54-51(56)59)61-49(62-48(34)37-19-17-35(33-57)18-20-37)40-12-8-11-39(30-40)38-10-7-9-36(29-38)31-52-50(58)53-41-21-23-44(24-22-41)60-43-13-3-2-4-14-43/h2-24,29-30,34,42,47-49,57H,25-28,31-33H2,1H3,(H,54,59)(H2,52,53,58)/t34-,47+,48+,49+/m1/s1. The number of anilines is 1. The number of carbonyl (C=O) groups excluding carboxylic acids is 1. The molecule has 2 saturated heterocycles. The first-order valence-electron chi connectivity index (χ1n) is 21.4. The number of rotatable bonds is 12. The molecule has 3 heterocycles. The number of hydrogen-bond donors (Lipinski definition) is 4. The Kier molecular flexibility index (Phi) is 12.3. The minimum absolute atomic E-state index is 0.0198. The summed E-state index contributed by atoms with van der Waals surface area (Å²) in [6.45, 7) is 4.95. The zero-order valence-corrected chi connectivity index (χ0v) is 34.7. The molecule has 2 amide bonds. The molecule has 4 atom stereocenters. The lowest BCUT2D eigenvalue weighted by Gasteiger charge is -2.44. The van der Waals surface area contributed by atoms with Crippen molar-refractivity contribution in [3.05, 3.63) is 184 Å². The van der Waals surface area contributed by atoms with Crippen LogP contribution in [0.25, 0.3) is 22.2 Å². The number of aromatic amines is 1. The molecule has 9 rings (SSSR count). The van der Waals surface area contributed by atoms with Gasteiger partial charge < -0.3 is 39.8 Å². The maximum Gasteiger partial charge on any atom is 0.326 e. The van der Waals surface area contributed by atoms with Gasteiger partial charge in [-0.15, -0.1) is 0 Å². The van der Waals surface area contributed by atoms with Crippen LogP contribution in [0.5, 0.6) is 11.5 Å². The van der Waals surface area contributed by atoms with Gasteiger partial charge in [-0.05, 0) is 101 Å². The molecule has 0 aliphatic carbocycles. The highest BCUT2D eigenvalue weighted by atomic mass is 16.7. The van der Waals surface area contributed by atoms with Crippen molar-refractivity contribution in [1.82, 2.24) is 19.8 Å². The van der Waals surface area contributed by atoms with Crippen molar-refractivity contribution in [3.8, 4) is 22.6 Å². The molecule has 4 N–H and O–H groups in total. The summed E-state index contributed by atoms with van der Waals surface area (Å²) in [6.07, 6.45) is 0.755. The number of aromatic nitrogens is 2. The summed E-state index contributed by atoms with van der Waals surface area (Å²) in [7, 11) is 0. The van der Waals surface area contributed by atoms with Crippen molar-refractivity contribution >= 4 is 22.8 Å². The highest BCUT2D eigenvalue weighted by molar-refractivity contribution is 5.89. The van der Waals surface area contributed by atoms with E-state index in [0.717, 1.165) is 82.6 Å². The molecule has 11 nitrogen and oxygen atoms in total. The number of benzene rings is 6. The summed E-state index contributed by atoms with van der Waals surface area (Å²) in [6, 6.07) is 49.0. The Morgan fingerprint density at radius 1 is 0.758 bits per heavy atom. The van der Waals surface area contributed by atoms with E-state index < -0.39 is 6.29 Å². The number of piperidine rings is 1. The molecule has 7 aromatic rings. The van der Waals surface area contributed by atoms with Gasteiger partial charge in [0.2, 0.25) is 0 Å². The third kappa shape index (κ3) is 9.36. The van der Waals surface area contributed by atoms with E-state index in [1.54, 1.807) is 0 Å². The number of likely N-dealkylation sites (tertiary alicyclic amines) is 1. The lowest BCUT2D eigenvalue weighted by atomic mass is 9.89. The van der Waals surface area contributed by atoms with Crippen molar-refractivity contribution in [1.29, 1.82) is 0 Å². The maximum absolute atomic E-state index is 13.0. The topological polar surface area (TPSA) is 130 Å². The van der Waals surface area contributed by atoms with E-state index in [4.69, 9.17) is 14.2 Å². The van der Waals surface area contributed by atoms with Crippen LogP contribution in [0.1, 0.15) is 60.5 Å². The molecule has 2 fully saturated rings. The molecule has 0 spiro atoms. The van der Waals surface area contributed by atoms with E-state index in [9.17, 15) is 14.7 Å². The summed E-state index contributed by atoms with van der Waals surface area (Å²) in [4.78, 5) is 31.3. The number of nitrogens with zero attached hydrogens (tertiary/aromatic N) is 2. The van der Waals surface area contributed by atoms with Crippen LogP contribution >= 0.6 is 0 Å². The number of H-pyrrole nitrogens is 1. The Morgan fingerprint density at radius 3 is 2.24 bits per heavy atom. The van der Waals surface area contributed by atoms with Gasteiger partial charge in [0, 0.05) is 49.4 Å². The normalized spacial score (nSPS) is 19.6. The second-order valence-corrected chi connectivity index (χ2v) is 16.2. The maximum atomic E-state index is 13.0. The van der Waals surface area contributed by atoms with Gasteiger partial charge in [0.25, 0.3) is 0 Å². The van der Waals surface area contributed by atoms with Crippen LogP contribution in [-0.2, 0) is 22.6 Å². The van der Waals surface area contributed by atoms with Crippen LogP contribution in [0.4, 0.5) is 10.5 Å². The van der Waals surface area contributed by atoms with Crippen LogP contribution in [0.15, 0.2) is 156 Å². The fourth-order valence-corrected chi connectivity index (χ4v) is 8.69. The molecule has 0 unspecified atom stereocenters. The molecular weight excluding hydrogens is 779 g/mol. The quantitative estimate of drug-likeness (QED) is 0.0965. The Balaban J connectivity index is 0.865. The number of aliphatic hydroxyl groups is 1. The van der Waals surface area contributed by atoms with Crippen LogP contribution in [-0.4, -0.2) is 51.3 Å². The largest absolute Gasteiger partial charge is 0.457 e. The number of hydrogen-bond acceptors (Lipinski definition) is 7. The van der Waals surface area contributed by atoms with Crippen molar-refractivity contribution in [2.24, 2.45) is 5.92 Å². The van der Waals surface area contributed by atoms with E-state index in [-0.39, 0.29) is 42.5 Å². The number of carbonyl (C=O) groups is 1. The number of ether oxygens (including phenoxy) is 3. The van der Waals surface area contributed by atoms with Crippen molar-refractivity contribution in [2.75, 3.05) is 25.0 Å². The smallest absolute Gasteiger partial charge is 0.326 e. The average Bonchev–Trinajstić information content (AvgIpc) is 3.66. The lowest BCUT2D eigenvalue weighted by Crippen LogP contribution is -2.47. The first-order valence-corrected chi connectivity index (χ1v) is 21.4. The predicted molar refractivity (Wildman–Crippen MR) is 241 cm³/mol. The van der Waals surface area contributed by atoms with Crippen LogP contribution in [0.3, 0.4) is 0 Å². The number of imidazole rings is 1. The zero-order valence-electron chi connectivity index (χ0n) is 34.7. The third-order valence-corrected chi connectivity index (χ3v) is 12.1. The second kappa shape index (κ2) is 18.6. The lowest BCUT2D eigenvalue weighted by molar-refractivity contribution is -0.276. The number of para-hydroxylation sites is 3. The Hall–Kier alpha value is -6.50. The molecule has 62 heavy (non-hydrogen) atoms. The minimum atomic E-state index is -0.617. The Bertz CT molecular complexity index is 2660. The van der Waals surface area contributed by atoms with E-state index in [0.29, 0.717) is 18.0 Å². The predicted octanol–water partition coefficient (Wildman–Crippen LogP) is 9.73. The number of aliphatic hydroxyl groups excluding tert-OH is 1. The van der Waals surface area contributed by atoms with Crippen molar-refractivity contribution < 1.29 is 24.1 Å². The molecule has 0 bridgehead atoms. The van der Waals surface area contributed by atoms with E-state index in [1.807, 2.05) is 132 Å². The number of nitrogens with one attached hydrogen (secondary N) is 3. The molecule has 0 saturated carbocycles. The van der Waals surface area contributed by atoms with Gasteiger partial charge in [-0.3, -0.25) is 4.57 Å². The number of urea groups is 1. The minimum Gasteiger partial charge on any atom is -0.457 e. The van der Waals surface area contributed by atoms with Crippen LogP contribution in [0, 0.1) is 5.92 Å². The number of fused-ring (bicyclic) bond motifs is 1. The first-order chi connectivity index (χ1) is 30.4. The van der Waals surface area contributed by atoms with Gasteiger partial charge in [-0.1, -0.05) is 97.9 Å². The van der Waals surface area contributed by atoms with Crippen LogP contribution < -0.4 is 21.1 Å². The third-order valence-electron chi connectivity index (χ3n) is 12.1. The summed E-state index contributed by atoms with van der Waals surface area (Å²) >= 11 is 0. The monoisotopic (exact) mass is 829 g/mol. The highest BCUT2D eigenvalue weighted by Crippen LogP contribution is 2.43. The van der Waals surface area contributed by atoms with Gasteiger partial charge in [0.1, 0.15) is 11.5 Å². The van der Waals surface area contributed by atoms with Gasteiger partial charge >= 0.3 is 11.7 Å². The summed E-state index contributed by atoms with van der Waals surface area (Å²) in [5.74, 6) is 1.47. The fourth-order valence-electron chi connectivity index (χ4n) is 8.69. The SMILES string of the molecule is C[C@@H]1[C@H](CN2CCC(n3c(=O)[nH]c4ccccc43)CC2)O[C@H](c2cccc(-c3cccc(CNC(=O)Nc4ccc(Oc5ccccc5)cc4)c3)c2)O[C@@H]1c1ccc(CO)cc1. The molecule has 0 radical (unpaired) electrons. The summed E-state index contributed by atoms with van der Waals surface area (Å²) in [5, 5.41) is 15.6. The van der Waals surface area contributed by atoms with Gasteiger partial charge in [0.05, 0.1) is 29.8 Å². The van der Waals surface area contributed by atoms with Crippen LogP contribution in [0.2, 0.25) is 0 Å². The van der Waals surface area contributed by atoms with Gasteiger partial charge in [-0.2, -0.15) is 0 Å². The highest BCUT2D eigenvalue weighted by Gasteiger charge is 2.40. The molecule has 1 aromatic heterocycles. The summed E-state index contributed by atoms with van der Waals surface area (Å²) < 4.78 is 21.5. The summed E-state index contributed by atoms with van der Waals surface area (Å²) in [5.41, 5.74) is 8.21. The van der Waals surface area contributed by atoms with Crippen molar-refractivity contribution in [2.45, 2.75) is 57.5 Å². The fraction of sp³-hybridized carbons (Fsp3) is 0.255. The van der Waals surface area contributed by atoms with E-state index in [1.165, 1.54) is 0 Å². The average molecular weight is 830 g/mol. The first kappa shape index (κ1) is 40.9. The van der Waals surface area contributed by atoms with E-state index in [2.05, 4.69) is 51.7 Å². The Labute approximate surface area is 360 Å². The molecule has 316 valence electrons. The molecule has 6 aromatic carbocycles. The molecular formula is C51H51N5O6. The molecule has 2 aliphatic rings. The zero-order chi connectivity index (χ0) is 42.4. The molecule has 11 heteroatoms. The second-order valence-electron chi connectivity index (χ2n) is 16.2. The van der Waals surface area contributed by atoms with Gasteiger partial charge in [-0.25, -0.2) is 9.59 Å². The van der Waals surface area contributed by atoms with Gasteiger partial charge in [0.15, 0.2) is 6.29 Å². The number of amides is 2. The van der Waals surface area contributed by atoms with E-state index >= 15 is 0 Å². The molecule has 2 aliphatic heterocycles. The Morgan fingerprint density at radius 2 is 1.47 bits per heavy atom. The van der Waals surface area contributed by atoms with Crippen molar-refractivity contribution in [3.63, 3.8) is 0 Å².